The molecule has 1 fully saturated rings. The van der Waals surface area contributed by atoms with Crippen molar-refractivity contribution in [1.29, 1.82) is 0 Å². The highest BCUT2D eigenvalue weighted by Crippen LogP contribution is 2.26. The number of amides is 2. The van der Waals surface area contributed by atoms with E-state index in [2.05, 4.69) is 10.3 Å². The van der Waals surface area contributed by atoms with Crippen LogP contribution in [-0.2, 0) is 9.57 Å². The predicted octanol–water partition coefficient (Wildman–Crippen LogP) is 2.15. The number of hydrogen-bond donors (Lipinski definition) is 1. The van der Waals surface area contributed by atoms with E-state index in [0.29, 0.717) is 18.6 Å². The van der Waals surface area contributed by atoms with Crippen molar-refractivity contribution in [3.05, 3.63) is 24.0 Å². The van der Waals surface area contributed by atoms with E-state index >= 15 is 0 Å². The number of carbonyl (C=O) groups is 2. The summed E-state index contributed by atoms with van der Waals surface area (Å²) in [5, 5.41) is 3.91. The van der Waals surface area contributed by atoms with Crippen LogP contribution in [0.3, 0.4) is 0 Å². The van der Waals surface area contributed by atoms with Crippen LogP contribution in [0.15, 0.2) is 18.3 Å². The van der Waals surface area contributed by atoms with Crippen molar-refractivity contribution >= 4 is 12.0 Å². The minimum absolute atomic E-state index is 0.00457. The standard InChI is InChI=1S/C17H25N3O5/c1-17(2,3)25-16(22)19-11-8-13(9-11)24-12-6-7-14(18-10-12)15(21)20(4)23-5/h6-7,10-11,13H,8-9H2,1-5H3,(H,19,22). The van der Waals surface area contributed by atoms with E-state index in [-0.39, 0.29) is 23.7 Å². The van der Waals surface area contributed by atoms with Crippen LogP contribution in [0.1, 0.15) is 44.1 Å². The fourth-order valence-corrected chi connectivity index (χ4v) is 2.27. The van der Waals surface area contributed by atoms with Crippen molar-refractivity contribution < 1.29 is 23.9 Å². The summed E-state index contributed by atoms with van der Waals surface area (Å²) in [6.45, 7) is 5.47. The summed E-state index contributed by atoms with van der Waals surface area (Å²) in [4.78, 5) is 32.5. The average Bonchev–Trinajstić information content (AvgIpc) is 2.50. The van der Waals surface area contributed by atoms with E-state index in [4.69, 9.17) is 14.3 Å². The molecule has 2 rings (SSSR count). The van der Waals surface area contributed by atoms with E-state index in [1.165, 1.54) is 20.4 Å². The molecule has 0 radical (unpaired) electrons. The van der Waals surface area contributed by atoms with Gasteiger partial charge in [0.05, 0.1) is 13.3 Å². The lowest BCUT2D eigenvalue weighted by molar-refractivity contribution is -0.0760. The van der Waals surface area contributed by atoms with Gasteiger partial charge in [0.1, 0.15) is 23.1 Å². The molecule has 25 heavy (non-hydrogen) atoms. The summed E-state index contributed by atoms with van der Waals surface area (Å²) in [5.74, 6) is 0.247. The maximum Gasteiger partial charge on any atom is 0.407 e. The second kappa shape index (κ2) is 7.69. The van der Waals surface area contributed by atoms with Crippen molar-refractivity contribution in [2.45, 2.75) is 51.4 Å². The molecule has 138 valence electrons. The van der Waals surface area contributed by atoms with Gasteiger partial charge < -0.3 is 14.8 Å². The maximum atomic E-state index is 11.9. The number of alkyl carbamates (subject to hydrolysis) is 1. The molecule has 8 heteroatoms. The van der Waals surface area contributed by atoms with Crippen LogP contribution in [-0.4, -0.2) is 54.0 Å². The third-order valence-corrected chi connectivity index (χ3v) is 3.63. The molecule has 1 aromatic rings. The van der Waals surface area contributed by atoms with Gasteiger partial charge in [-0.2, -0.15) is 0 Å². The zero-order valence-electron chi connectivity index (χ0n) is 15.2. The molecule has 1 aliphatic carbocycles. The van der Waals surface area contributed by atoms with Gasteiger partial charge in [0.15, 0.2) is 0 Å². The molecule has 2 amide bonds. The van der Waals surface area contributed by atoms with Gasteiger partial charge >= 0.3 is 6.09 Å². The highest BCUT2D eigenvalue weighted by Gasteiger charge is 2.33. The lowest BCUT2D eigenvalue weighted by atomic mass is 9.89. The highest BCUT2D eigenvalue weighted by molar-refractivity contribution is 5.91. The highest BCUT2D eigenvalue weighted by atomic mass is 16.7. The predicted molar refractivity (Wildman–Crippen MR) is 90.1 cm³/mol. The summed E-state index contributed by atoms with van der Waals surface area (Å²) in [5.41, 5.74) is -0.236. The molecular weight excluding hydrogens is 326 g/mol. The Kier molecular flexibility index (Phi) is 5.84. The number of ether oxygens (including phenoxy) is 2. The number of rotatable bonds is 5. The van der Waals surface area contributed by atoms with Gasteiger partial charge in [-0.25, -0.2) is 14.8 Å². The largest absolute Gasteiger partial charge is 0.489 e. The van der Waals surface area contributed by atoms with E-state index in [9.17, 15) is 9.59 Å². The van der Waals surface area contributed by atoms with Gasteiger partial charge in [-0.3, -0.25) is 9.63 Å². The molecule has 1 heterocycles. The number of hydrogen-bond acceptors (Lipinski definition) is 6. The van der Waals surface area contributed by atoms with Gasteiger partial charge in [-0.1, -0.05) is 0 Å². The minimum atomic E-state index is -0.508. The molecule has 0 bridgehead atoms. The van der Waals surface area contributed by atoms with Crippen LogP contribution in [0.2, 0.25) is 0 Å². The Hall–Kier alpha value is -2.35. The fourth-order valence-electron chi connectivity index (χ4n) is 2.27. The summed E-state index contributed by atoms with van der Waals surface area (Å²) >= 11 is 0. The van der Waals surface area contributed by atoms with Crippen LogP contribution in [0.4, 0.5) is 4.79 Å². The SMILES string of the molecule is CON(C)C(=O)c1ccc(OC2CC(NC(=O)OC(C)(C)C)C2)cn1. The van der Waals surface area contributed by atoms with E-state index in [1.807, 2.05) is 20.8 Å². The number of aromatic nitrogens is 1. The molecule has 8 nitrogen and oxygen atoms in total. The van der Waals surface area contributed by atoms with Crippen molar-refractivity contribution in [1.82, 2.24) is 15.4 Å². The second-order valence-electron chi connectivity index (χ2n) is 6.92. The van der Waals surface area contributed by atoms with Crippen LogP contribution in [0.25, 0.3) is 0 Å². The Bertz CT molecular complexity index is 606. The quantitative estimate of drug-likeness (QED) is 0.818. The van der Waals surface area contributed by atoms with E-state index in [1.54, 1.807) is 12.1 Å². The molecule has 0 unspecified atom stereocenters. The van der Waals surface area contributed by atoms with Gasteiger partial charge in [-0.05, 0) is 32.9 Å². The Morgan fingerprint density at radius 2 is 1.96 bits per heavy atom. The lowest BCUT2D eigenvalue weighted by Crippen LogP contribution is -2.50. The van der Waals surface area contributed by atoms with Crippen molar-refractivity contribution in [3.8, 4) is 5.75 Å². The fraction of sp³-hybridized carbons (Fsp3) is 0.588. The van der Waals surface area contributed by atoms with Gasteiger partial charge in [0.25, 0.3) is 5.91 Å². The molecule has 0 aliphatic heterocycles. The van der Waals surface area contributed by atoms with Crippen LogP contribution in [0.5, 0.6) is 5.75 Å². The van der Waals surface area contributed by atoms with Crippen LogP contribution in [0, 0.1) is 0 Å². The first-order chi connectivity index (χ1) is 11.7. The number of carbonyl (C=O) groups excluding carboxylic acids is 2. The summed E-state index contributed by atoms with van der Waals surface area (Å²) in [6.07, 6.45) is 2.50. The molecule has 1 aliphatic rings. The molecule has 1 saturated carbocycles. The Morgan fingerprint density at radius 3 is 2.48 bits per heavy atom. The number of nitrogens with one attached hydrogen (secondary N) is 1. The first kappa shape index (κ1) is 19.0. The molecule has 0 atom stereocenters. The van der Waals surface area contributed by atoms with Crippen molar-refractivity contribution in [3.63, 3.8) is 0 Å². The summed E-state index contributed by atoms with van der Waals surface area (Å²) < 4.78 is 11.0. The number of hydroxylamine groups is 2. The smallest absolute Gasteiger partial charge is 0.407 e. The Labute approximate surface area is 147 Å². The van der Waals surface area contributed by atoms with Crippen LogP contribution >= 0.6 is 0 Å². The second-order valence-corrected chi connectivity index (χ2v) is 6.92. The Balaban J connectivity index is 1.76. The van der Waals surface area contributed by atoms with Gasteiger partial charge in [0.2, 0.25) is 0 Å². The van der Waals surface area contributed by atoms with Crippen LogP contribution < -0.4 is 10.1 Å². The van der Waals surface area contributed by atoms with E-state index < -0.39 is 11.7 Å². The first-order valence-corrected chi connectivity index (χ1v) is 8.12. The van der Waals surface area contributed by atoms with Gasteiger partial charge in [0, 0.05) is 25.9 Å². The molecule has 0 saturated heterocycles. The number of pyridine rings is 1. The topological polar surface area (TPSA) is 90.0 Å². The lowest BCUT2D eigenvalue weighted by Gasteiger charge is -2.36. The Morgan fingerprint density at radius 1 is 1.28 bits per heavy atom. The van der Waals surface area contributed by atoms with Crippen molar-refractivity contribution in [2.75, 3.05) is 14.2 Å². The average molecular weight is 351 g/mol. The molecule has 0 spiro atoms. The summed E-state index contributed by atoms with van der Waals surface area (Å²) in [6, 6.07) is 3.32. The normalized spacial score (nSPS) is 19.6. The number of nitrogens with zero attached hydrogens (tertiary/aromatic N) is 2. The minimum Gasteiger partial charge on any atom is -0.489 e. The molecule has 1 N–H and O–H groups in total. The van der Waals surface area contributed by atoms with Gasteiger partial charge in [-0.15, -0.1) is 0 Å². The monoisotopic (exact) mass is 351 g/mol. The zero-order chi connectivity index (χ0) is 18.6. The first-order valence-electron chi connectivity index (χ1n) is 8.12. The van der Waals surface area contributed by atoms with E-state index in [0.717, 1.165) is 5.06 Å². The third kappa shape index (κ3) is 5.60. The molecular formula is C17H25N3O5. The molecule has 0 aromatic carbocycles. The zero-order valence-corrected chi connectivity index (χ0v) is 15.2. The summed E-state index contributed by atoms with van der Waals surface area (Å²) in [7, 11) is 2.92. The molecule has 1 aromatic heterocycles. The maximum absolute atomic E-state index is 11.9. The van der Waals surface area contributed by atoms with Crippen molar-refractivity contribution in [2.24, 2.45) is 0 Å². The third-order valence-electron chi connectivity index (χ3n) is 3.63.